The largest absolute Gasteiger partial charge is 0.341 e. The minimum atomic E-state index is 0.109. The van der Waals surface area contributed by atoms with Crippen LogP contribution in [0.15, 0.2) is 46.3 Å². The van der Waals surface area contributed by atoms with Crippen molar-refractivity contribution < 1.29 is 9.32 Å². The first-order chi connectivity index (χ1) is 11.7. The van der Waals surface area contributed by atoms with E-state index in [1.54, 1.807) is 23.5 Å². The molecule has 1 aliphatic heterocycles. The zero-order valence-electron chi connectivity index (χ0n) is 12.7. The number of aromatic nitrogens is 2. The van der Waals surface area contributed by atoms with Crippen molar-refractivity contribution in [2.45, 2.75) is 12.3 Å². The fourth-order valence-electron chi connectivity index (χ4n) is 2.66. The third kappa shape index (κ3) is 3.07. The van der Waals surface area contributed by atoms with Gasteiger partial charge in [0.15, 0.2) is 0 Å². The topological polar surface area (TPSA) is 59.2 Å². The quantitative estimate of drug-likeness (QED) is 0.713. The van der Waals surface area contributed by atoms with Crippen molar-refractivity contribution in [1.29, 1.82) is 0 Å². The number of carbonyl (C=O) groups is 1. The van der Waals surface area contributed by atoms with Crippen molar-refractivity contribution in [3.05, 3.63) is 57.6 Å². The van der Waals surface area contributed by atoms with Crippen LogP contribution in [-0.2, 0) is 11.2 Å². The summed E-state index contributed by atoms with van der Waals surface area (Å²) >= 11 is 7.59. The van der Waals surface area contributed by atoms with Crippen molar-refractivity contribution in [2.24, 2.45) is 0 Å². The van der Waals surface area contributed by atoms with Crippen LogP contribution in [0.4, 0.5) is 0 Å². The highest BCUT2D eigenvalue weighted by Crippen LogP contribution is 2.29. The van der Waals surface area contributed by atoms with Gasteiger partial charge in [-0.05, 0) is 23.6 Å². The summed E-state index contributed by atoms with van der Waals surface area (Å²) in [5.41, 5.74) is 0.822. The Kier molecular flexibility index (Phi) is 4.08. The summed E-state index contributed by atoms with van der Waals surface area (Å²) in [6.45, 7) is 1.25. The molecule has 0 unspecified atom stereocenters. The number of carbonyl (C=O) groups excluding carboxylic acids is 1. The van der Waals surface area contributed by atoms with Gasteiger partial charge in [-0.2, -0.15) is 4.98 Å². The predicted molar refractivity (Wildman–Crippen MR) is 92.1 cm³/mol. The number of thiophene rings is 1. The summed E-state index contributed by atoms with van der Waals surface area (Å²) in [5.74, 6) is 1.35. The lowest BCUT2D eigenvalue weighted by Gasteiger charge is -2.37. The second-order valence-corrected chi connectivity index (χ2v) is 7.19. The molecule has 0 radical (unpaired) electrons. The van der Waals surface area contributed by atoms with E-state index in [4.69, 9.17) is 16.1 Å². The molecule has 0 atom stereocenters. The smallest absolute Gasteiger partial charge is 0.233 e. The molecule has 3 heterocycles. The van der Waals surface area contributed by atoms with Crippen LogP contribution in [-0.4, -0.2) is 34.0 Å². The van der Waals surface area contributed by atoms with E-state index in [1.165, 1.54) is 0 Å². The van der Waals surface area contributed by atoms with Gasteiger partial charge < -0.3 is 9.42 Å². The van der Waals surface area contributed by atoms with Crippen LogP contribution in [0.2, 0.25) is 5.02 Å². The van der Waals surface area contributed by atoms with E-state index in [9.17, 15) is 4.79 Å². The van der Waals surface area contributed by atoms with Crippen LogP contribution >= 0.6 is 22.9 Å². The Morgan fingerprint density at radius 3 is 2.96 bits per heavy atom. The molecule has 0 bridgehead atoms. The molecular weight excluding hydrogens is 346 g/mol. The van der Waals surface area contributed by atoms with Gasteiger partial charge >= 0.3 is 0 Å². The molecule has 1 amide bonds. The minimum absolute atomic E-state index is 0.109. The zero-order chi connectivity index (χ0) is 16.5. The molecular formula is C17H14ClN3O2S. The van der Waals surface area contributed by atoms with Gasteiger partial charge in [-0.3, -0.25) is 4.79 Å². The number of benzene rings is 1. The van der Waals surface area contributed by atoms with Gasteiger partial charge in [0.25, 0.3) is 0 Å². The maximum Gasteiger partial charge on any atom is 0.233 e. The lowest BCUT2D eigenvalue weighted by Crippen LogP contribution is -2.49. The third-order valence-corrected chi connectivity index (χ3v) is 5.13. The number of halogens is 1. The first-order valence-corrected chi connectivity index (χ1v) is 8.84. The normalized spacial score (nSPS) is 14.6. The minimum Gasteiger partial charge on any atom is -0.341 e. The van der Waals surface area contributed by atoms with E-state index < -0.39 is 0 Å². The van der Waals surface area contributed by atoms with Crippen LogP contribution in [0, 0.1) is 0 Å². The van der Waals surface area contributed by atoms with Crippen molar-refractivity contribution >= 4 is 28.8 Å². The van der Waals surface area contributed by atoms with Crippen molar-refractivity contribution in [3.63, 3.8) is 0 Å². The number of rotatable bonds is 4. The average Bonchev–Trinajstić information content (AvgIpc) is 3.17. The fraction of sp³-hybridized carbons (Fsp3) is 0.235. The molecule has 24 heavy (non-hydrogen) atoms. The van der Waals surface area contributed by atoms with Gasteiger partial charge in [0, 0.05) is 28.6 Å². The van der Waals surface area contributed by atoms with Gasteiger partial charge in [-0.25, -0.2) is 0 Å². The lowest BCUT2D eigenvalue weighted by atomic mass is 9.99. The molecule has 7 heteroatoms. The molecule has 3 aromatic rings. The highest BCUT2D eigenvalue weighted by molar-refractivity contribution is 7.10. The molecule has 5 nitrogen and oxygen atoms in total. The maximum atomic E-state index is 12.2. The summed E-state index contributed by atoms with van der Waals surface area (Å²) in [7, 11) is 0. The Hall–Kier alpha value is -2.18. The van der Waals surface area contributed by atoms with Crippen LogP contribution in [0.1, 0.15) is 16.7 Å². The summed E-state index contributed by atoms with van der Waals surface area (Å²) in [4.78, 5) is 19.5. The molecule has 1 aromatic carbocycles. The van der Waals surface area contributed by atoms with Crippen LogP contribution in [0.3, 0.4) is 0 Å². The molecule has 122 valence electrons. The Morgan fingerprint density at radius 2 is 2.21 bits per heavy atom. The first-order valence-electron chi connectivity index (χ1n) is 7.59. The third-order valence-electron chi connectivity index (χ3n) is 4.01. The molecule has 1 fully saturated rings. The van der Waals surface area contributed by atoms with Crippen molar-refractivity contribution in [3.8, 4) is 11.4 Å². The SMILES string of the molecule is O=C(Cc1cccs1)N1CC(c2nc(-c3cccc(Cl)c3)no2)C1. The Labute approximate surface area is 147 Å². The van der Waals surface area contributed by atoms with Crippen molar-refractivity contribution in [2.75, 3.05) is 13.1 Å². The van der Waals surface area contributed by atoms with Gasteiger partial charge in [0.05, 0.1) is 12.3 Å². The van der Waals surface area contributed by atoms with E-state index >= 15 is 0 Å². The predicted octanol–water partition coefficient (Wildman–Crippen LogP) is 3.62. The molecule has 0 spiro atoms. The molecule has 0 N–H and O–H groups in total. The van der Waals surface area contributed by atoms with Gasteiger partial charge in [-0.1, -0.05) is 35.0 Å². The second-order valence-electron chi connectivity index (χ2n) is 5.72. The molecule has 1 saturated heterocycles. The van der Waals surface area contributed by atoms with Gasteiger partial charge in [-0.15, -0.1) is 11.3 Å². The number of amides is 1. The van der Waals surface area contributed by atoms with Gasteiger partial charge in [0.2, 0.25) is 17.6 Å². The number of likely N-dealkylation sites (tertiary alicyclic amines) is 1. The Morgan fingerprint density at radius 1 is 1.33 bits per heavy atom. The van der Waals surface area contributed by atoms with Crippen LogP contribution in [0.5, 0.6) is 0 Å². The number of hydrogen-bond donors (Lipinski definition) is 0. The molecule has 0 aliphatic carbocycles. The van der Waals surface area contributed by atoms with E-state index in [2.05, 4.69) is 10.1 Å². The van der Waals surface area contributed by atoms with Crippen LogP contribution in [0.25, 0.3) is 11.4 Å². The maximum absolute atomic E-state index is 12.2. The summed E-state index contributed by atoms with van der Waals surface area (Å²) in [6.07, 6.45) is 0.460. The zero-order valence-corrected chi connectivity index (χ0v) is 14.3. The summed E-state index contributed by atoms with van der Waals surface area (Å²) in [5, 5.41) is 6.63. The summed E-state index contributed by atoms with van der Waals surface area (Å²) in [6, 6.07) is 11.3. The number of hydrogen-bond acceptors (Lipinski definition) is 5. The standard InChI is InChI=1S/C17H14ClN3O2S/c18-13-4-1-3-11(7-13)16-19-17(23-20-16)12-9-21(10-12)15(22)8-14-5-2-6-24-14/h1-7,12H,8-10H2. The second kappa shape index (κ2) is 6.37. The Balaban J connectivity index is 1.38. The van der Waals surface area contributed by atoms with E-state index in [0.29, 0.717) is 36.2 Å². The summed E-state index contributed by atoms with van der Waals surface area (Å²) < 4.78 is 5.36. The molecule has 4 rings (SSSR count). The van der Waals surface area contributed by atoms with E-state index in [1.807, 2.05) is 34.5 Å². The highest BCUT2D eigenvalue weighted by atomic mass is 35.5. The first kappa shape index (κ1) is 15.4. The highest BCUT2D eigenvalue weighted by Gasteiger charge is 2.35. The van der Waals surface area contributed by atoms with E-state index in [-0.39, 0.29) is 11.8 Å². The average molecular weight is 360 g/mol. The lowest BCUT2D eigenvalue weighted by molar-refractivity contribution is -0.135. The number of nitrogens with zero attached hydrogens (tertiary/aromatic N) is 3. The monoisotopic (exact) mass is 359 g/mol. The Bertz CT molecular complexity index is 856. The van der Waals surface area contributed by atoms with Crippen molar-refractivity contribution in [1.82, 2.24) is 15.0 Å². The molecule has 2 aromatic heterocycles. The van der Waals surface area contributed by atoms with Crippen LogP contribution < -0.4 is 0 Å². The fourth-order valence-corrected chi connectivity index (χ4v) is 3.54. The molecule has 0 saturated carbocycles. The van der Waals surface area contributed by atoms with E-state index in [0.717, 1.165) is 10.4 Å². The van der Waals surface area contributed by atoms with Gasteiger partial charge in [0.1, 0.15) is 0 Å². The molecule has 1 aliphatic rings.